The van der Waals surface area contributed by atoms with Crippen LogP contribution in [-0.4, -0.2) is 16.4 Å². The molecular weight excluding hydrogens is 276 g/mol. The van der Waals surface area contributed by atoms with E-state index in [1.165, 1.54) is 6.21 Å². The van der Waals surface area contributed by atoms with Gasteiger partial charge in [0.15, 0.2) is 0 Å². The molecular formula is C6H4Br2N2O. The first-order valence-electron chi connectivity index (χ1n) is 2.72. The number of hydrogen-bond acceptors (Lipinski definition) is 3. The van der Waals surface area contributed by atoms with Crippen molar-refractivity contribution in [2.24, 2.45) is 5.16 Å². The van der Waals surface area contributed by atoms with Crippen molar-refractivity contribution >= 4 is 38.1 Å². The quantitative estimate of drug-likeness (QED) is 0.487. The van der Waals surface area contributed by atoms with Gasteiger partial charge in [-0.05, 0) is 31.9 Å². The second kappa shape index (κ2) is 3.82. The van der Waals surface area contributed by atoms with E-state index >= 15 is 0 Å². The standard InChI is InChI=1S/C6H4Br2N2O/c7-5-2-9-3-6(8)4(5)1-10-11/h1-3,11H. The van der Waals surface area contributed by atoms with Crippen molar-refractivity contribution in [2.75, 3.05) is 0 Å². The summed E-state index contributed by atoms with van der Waals surface area (Å²) < 4.78 is 1.56. The Bertz CT molecular complexity index is 268. The minimum absolute atomic E-state index is 0.766. The fourth-order valence-corrected chi connectivity index (χ4v) is 1.74. The molecule has 0 spiro atoms. The fourth-order valence-electron chi connectivity index (χ4n) is 0.602. The fraction of sp³-hybridized carbons (Fsp3) is 0. The summed E-state index contributed by atoms with van der Waals surface area (Å²) in [5, 5.41) is 11.2. The molecule has 11 heavy (non-hydrogen) atoms. The summed E-state index contributed by atoms with van der Waals surface area (Å²) in [4.78, 5) is 3.89. The van der Waals surface area contributed by atoms with Crippen molar-refractivity contribution in [1.29, 1.82) is 0 Å². The largest absolute Gasteiger partial charge is 0.411 e. The van der Waals surface area contributed by atoms with E-state index in [0.717, 1.165) is 14.5 Å². The van der Waals surface area contributed by atoms with Crippen LogP contribution < -0.4 is 0 Å². The van der Waals surface area contributed by atoms with Crippen LogP contribution in [0.3, 0.4) is 0 Å². The third kappa shape index (κ3) is 2.00. The highest BCUT2D eigenvalue weighted by molar-refractivity contribution is 9.11. The summed E-state index contributed by atoms with van der Waals surface area (Å²) in [5.41, 5.74) is 0.766. The van der Waals surface area contributed by atoms with Gasteiger partial charge in [-0.25, -0.2) is 0 Å². The Morgan fingerprint density at radius 1 is 1.36 bits per heavy atom. The molecule has 3 nitrogen and oxygen atoms in total. The van der Waals surface area contributed by atoms with E-state index in [-0.39, 0.29) is 0 Å². The molecule has 0 atom stereocenters. The molecule has 1 heterocycles. The predicted molar refractivity (Wildman–Crippen MR) is 49.0 cm³/mol. The zero-order valence-electron chi connectivity index (χ0n) is 5.33. The van der Waals surface area contributed by atoms with Gasteiger partial charge in [-0.2, -0.15) is 0 Å². The molecule has 0 aliphatic carbocycles. The summed E-state index contributed by atoms with van der Waals surface area (Å²) in [6.07, 6.45) is 4.58. The van der Waals surface area contributed by atoms with Gasteiger partial charge in [0.05, 0.1) is 6.21 Å². The third-order valence-electron chi connectivity index (χ3n) is 1.08. The zero-order chi connectivity index (χ0) is 8.27. The molecule has 0 aliphatic heterocycles. The second-order valence-corrected chi connectivity index (χ2v) is 3.47. The van der Waals surface area contributed by atoms with Crippen LogP contribution in [0.5, 0.6) is 0 Å². The average molecular weight is 280 g/mol. The minimum atomic E-state index is 0.766. The van der Waals surface area contributed by atoms with Crippen molar-refractivity contribution in [3.63, 3.8) is 0 Å². The number of nitrogens with zero attached hydrogens (tertiary/aromatic N) is 2. The van der Waals surface area contributed by atoms with E-state index in [4.69, 9.17) is 5.21 Å². The van der Waals surface area contributed by atoms with Gasteiger partial charge in [0.2, 0.25) is 0 Å². The Morgan fingerprint density at radius 2 is 1.91 bits per heavy atom. The van der Waals surface area contributed by atoms with Gasteiger partial charge in [-0.15, -0.1) is 0 Å². The lowest BCUT2D eigenvalue weighted by Crippen LogP contribution is -1.86. The molecule has 1 aromatic heterocycles. The van der Waals surface area contributed by atoms with Crippen molar-refractivity contribution in [1.82, 2.24) is 4.98 Å². The SMILES string of the molecule is ON=Cc1c(Br)cncc1Br. The maximum atomic E-state index is 8.28. The van der Waals surface area contributed by atoms with Crippen LogP contribution in [0, 0.1) is 0 Å². The molecule has 1 N–H and O–H groups in total. The van der Waals surface area contributed by atoms with Crippen molar-refractivity contribution < 1.29 is 5.21 Å². The Morgan fingerprint density at radius 3 is 2.36 bits per heavy atom. The third-order valence-corrected chi connectivity index (χ3v) is 2.34. The van der Waals surface area contributed by atoms with Crippen molar-refractivity contribution in [3.8, 4) is 0 Å². The average Bonchev–Trinajstić information content (AvgIpc) is 1.97. The lowest BCUT2D eigenvalue weighted by Gasteiger charge is -1.97. The second-order valence-electron chi connectivity index (χ2n) is 1.76. The molecule has 0 bridgehead atoms. The van der Waals surface area contributed by atoms with Gasteiger partial charge in [-0.1, -0.05) is 5.16 Å². The first-order chi connectivity index (χ1) is 5.25. The van der Waals surface area contributed by atoms with Crippen LogP contribution in [0.2, 0.25) is 0 Å². The molecule has 0 aromatic carbocycles. The lowest BCUT2D eigenvalue weighted by atomic mass is 10.3. The van der Waals surface area contributed by atoms with E-state index in [1.54, 1.807) is 12.4 Å². The monoisotopic (exact) mass is 278 g/mol. The zero-order valence-corrected chi connectivity index (χ0v) is 8.50. The molecule has 0 fully saturated rings. The van der Waals surface area contributed by atoms with Crippen LogP contribution in [-0.2, 0) is 0 Å². The molecule has 0 amide bonds. The predicted octanol–water partition coefficient (Wildman–Crippen LogP) is 2.41. The molecule has 0 radical (unpaired) electrons. The topological polar surface area (TPSA) is 45.5 Å². The van der Waals surface area contributed by atoms with Gasteiger partial charge >= 0.3 is 0 Å². The van der Waals surface area contributed by atoms with Crippen LogP contribution in [0.15, 0.2) is 26.5 Å². The van der Waals surface area contributed by atoms with E-state index in [9.17, 15) is 0 Å². The minimum Gasteiger partial charge on any atom is -0.411 e. The highest BCUT2D eigenvalue weighted by Crippen LogP contribution is 2.21. The van der Waals surface area contributed by atoms with Gasteiger partial charge in [-0.3, -0.25) is 4.98 Å². The van der Waals surface area contributed by atoms with E-state index < -0.39 is 0 Å². The Kier molecular flexibility index (Phi) is 3.02. The number of oxime groups is 1. The van der Waals surface area contributed by atoms with Crippen molar-refractivity contribution in [3.05, 3.63) is 26.9 Å². The summed E-state index contributed by atoms with van der Waals surface area (Å²) in [5.74, 6) is 0. The maximum absolute atomic E-state index is 8.28. The maximum Gasteiger partial charge on any atom is 0.0757 e. The van der Waals surface area contributed by atoms with Gasteiger partial charge in [0.25, 0.3) is 0 Å². The smallest absolute Gasteiger partial charge is 0.0757 e. The molecule has 1 rings (SSSR count). The first kappa shape index (κ1) is 8.67. The van der Waals surface area contributed by atoms with Crippen LogP contribution >= 0.6 is 31.9 Å². The van der Waals surface area contributed by atoms with E-state index in [0.29, 0.717) is 0 Å². The van der Waals surface area contributed by atoms with E-state index in [2.05, 4.69) is 42.0 Å². The number of hydrogen-bond donors (Lipinski definition) is 1. The first-order valence-corrected chi connectivity index (χ1v) is 4.30. The van der Waals surface area contributed by atoms with Crippen LogP contribution in [0.4, 0.5) is 0 Å². The van der Waals surface area contributed by atoms with Crippen LogP contribution in [0.1, 0.15) is 5.56 Å². The summed E-state index contributed by atoms with van der Waals surface area (Å²) in [6.45, 7) is 0. The van der Waals surface area contributed by atoms with Crippen LogP contribution in [0.25, 0.3) is 0 Å². The van der Waals surface area contributed by atoms with Gasteiger partial charge in [0, 0.05) is 26.9 Å². The summed E-state index contributed by atoms with van der Waals surface area (Å²) >= 11 is 6.51. The highest BCUT2D eigenvalue weighted by atomic mass is 79.9. The molecule has 0 saturated heterocycles. The molecule has 0 saturated carbocycles. The number of pyridine rings is 1. The van der Waals surface area contributed by atoms with Crippen molar-refractivity contribution in [2.45, 2.75) is 0 Å². The normalized spacial score (nSPS) is 10.7. The molecule has 0 unspecified atom stereocenters. The molecule has 58 valence electrons. The number of rotatable bonds is 1. The summed E-state index contributed by atoms with van der Waals surface area (Å²) in [7, 11) is 0. The lowest BCUT2D eigenvalue weighted by molar-refractivity contribution is 0.322. The Labute approximate surface area is 80.4 Å². The number of aromatic nitrogens is 1. The van der Waals surface area contributed by atoms with Gasteiger partial charge < -0.3 is 5.21 Å². The number of halogens is 2. The highest BCUT2D eigenvalue weighted by Gasteiger charge is 2.01. The molecule has 1 aromatic rings. The summed E-state index contributed by atoms with van der Waals surface area (Å²) in [6, 6.07) is 0. The molecule has 5 heteroatoms. The molecule has 0 aliphatic rings. The van der Waals surface area contributed by atoms with Gasteiger partial charge in [0.1, 0.15) is 0 Å². The Balaban J connectivity index is 3.20. The Hall–Kier alpha value is -0.420. The van der Waals surface area contributed by atoms with E-state index in [1.807, 2.05) is 0 Å².